The van der Waals surface area contributed by atoms with Crippen LogP contribution >= 0.6 is 0 Å². The molecule has 1 aromatic carbocycles. The van der Waals surface area contributed by atoms with Crippen LogP contribution in [0.4, 0.5) is 0 Å². The van der Waals surface area contributed by atoms with E-state index in [1.807, 2.05) is 35.2 Å². The molecule has 1 atom stereocenters. The Morgan fingerprint density at radius 1 is 1.14 bits per heavy atom. The topological polar surface area (TPSA) is 84.7 Å². The molecule has 1 spiro atoms. The number of hydrogen-bond donors (Lipinski definition) is 1. The second-order valence-electron chi connectivity index (χ2n) is 10.4. The molecule has 0 radical (unpaired) electrons. The summed E-state index contributed by atoms with van der Waals surface area (Å²) in [7, 11) is 0. The first kappa shape index (κ1) is 23.9. The summed E-state index contributed by atoms with van der Waals surface area (Å²) < 4.78 is 7.04. The highest BCUT2D eigenvalue weighted by molar-refractivity contribution is 5.76. The summed E-state index contributed by atoms with van der Waals surface area (Å²) >= 11 is 0. The van der Waals surface area contributed by atoms with Crippen molar-refractivity contribution in [1.29, 1.82) is 0 Å². The van der Waals surface area contributed by atoms with Crippen LogP contribution in [0.15, 0.2) is 59.2 Å². The van der Waals surface area contributed by atoms with Crippen molar-refractivity contribution in [2.75, 3.05) is 26.3 Å². The van der Waals surface area contributed by atoms with Crippen LogP contribution in [-0.4, -0.2) is 57.4 Å². The van der Waals surface area contributed by atoms with Gasteiger partial charge in [-0.1, -0.05) is 49.2 Å². The van der Waals surface area contributed by atoms with E-state index in [9.17, 15) is 14.7 Å². The highest BCUT2D eigenvalue weighted by Crippen LogP contribution is 2.51. The van der Waals surface area contributed by atoms with Crippen LogP contribution in [0.25, 0.3) is 11.3 Å². The predicted octanol–water partition coefficient (Wildman–Crippen LogP) is 3.56. The fourth-order valence-electron chi connectivity index (χ4n) is 6.11. The van der Waals surface area contributed by atoms with E-state index in [0.29, 0.717) is 38.2 Å². The number of likely N-dealkylation sites (tertiary alicyclic amines) is 1. The van der Waals surface area contributed by atoms with Crippen LogP contribution in [0, 0.1) is 5.41 Å². The van der Waals surface area contributed by atoms with E-state index in [-0.39, 0.29) is 23.4 Å². The Hall–Kier alpha value is -2.77. The summed E-state index contributed by atoms with van der Waals surface area (Å²) in [5.41, 5.74) is 1.14. The van der Waals surface area contributed by atoms with Crippen molar-refractivity contribution < 1.29 is 14.6 Å². The van der Waals surface area contributed by atoms with Gasteiger partial charge in [0, 0.05) is 36.6 Å². The molecule has 3 heterocycles. The Morgan fingerprint density at radius 2 is 1.94 bits per heavy atom. The first-order valence-corrected chi connectivity index (χ1v) is 12.9. The van der Waals surface area contributed by atoms with Crippen molar-refractivity contribution in [3.8, 4) is 11.3 Å². The molecule has 3 aliphatic rings. The minimum atomic E-state index is -1.04. The molecule has 1 saturated carbocycles. The molecule has 2 aliphatic heterocycles. The molecule has 5 rings (SSSR count). The maximum absolute atomic E-state index is 13.1. The van der Waals surface area contributed by atoms with E-state index in [1.54, 1.807) is 17.0 Å². The SMILES string of the molecule is O=C(CCC1=CCCOC1)N1CCC(O)(Cn2cnc(-c3ccccc3)cc2=O)C2(CCCC2)C1. The van der Waals surface area contributed by atoms with Crippen molar-refractivity contribution in [1.82, 2.24) is 14.5 Å². The molecule has 1 aliphatic carbocycles. The van der Waals surface area contributed by atoms with Crippen LogP contribution in [0.2, 0.25) is 0 Å². The normalized spacial score (nSPS) is 23.9. The van der Waals surface area contributed by atoms with Crippen molar-refractivity contribution in [2.45, 2.75) is 63.5 Å². The van der Waals surface area contributed by atoms with Crippen molar-refractivity contribution in [3.63, 3.8) is 0 Å². The third kappa shape index (κ3) is 4.98. The van der Waals surface area contributed by atoms with Crippen molar-refractivity contribution in [2.24, 2.45) is 5.41 Å². The molecule has 1 unspecified atom stereocenters. The Morgan fingerprint density at radius 3 is 2.66 bits per heavy atom. The Labute approximate surface area is 206 Å². The van der Waals surface area contributed by atoms with Crippen molar-refractivity contribution in [3.05, 3.63) is 64.7 Å². The lowest BCUT2D eigenvalue weighted by Gasteiger charge is -2.52. The zero-order valence-corrected chi connectivity index (χ0v) is 20.3. The molecule has 2 fully saturated rings. The van der Waals surface area contributed by atoms with Crippen LogP contribution < -0.4 is 5.56 Å². The standard InChI is InChI=1S/C28H35N3O4/c32-25(11-10-22-7-6-16-35-18-22)30-15-14-28(34,27(19-30)12-4-5-13-27)20-31-21-29-24(17-26(31)33)23-8-2-1-3-9-23/h1-3,7-9,17,21,34H,4-6,10-16,18-20H2. The molecule has 0 bridgehead atoms. The number of amides is 1. The minimum absolute atomic E-state index is 0.149. The maximum atomic E-state index is 13.1. The zero-order valence-electron chi connectivity index (χ0n) is 20.3. The lowest BCUT2D eigenvalue weighted by atomic mass is 9.65. The van der Waals surface area contributed by atoms with Crippen LogP contribution in [0.1, 0.15) is 51.4 Å². The number of aliphatic hydroxyl groups is 1. The number of benzene rings is 1. The Balaban J connectivity index is 1.30. The number of carbonyl (C=O) groups is 1. The van der Waals surface area contributed by atoms with Gasteiger partial charge in [0.1, 0.15) is 0 Å². The lowest BCUT2D eigenvalue weighted by molar-refractivity contribution is -0.160. The molecule has 1 saturated heterocycles. The number of aromatic nitrogens is 2. The third-order valence-corrected chi connectivity index (χ3v) is 8.21. The Kier molecular flexibility index (Phi) is 6.89. The number of carbonyl (C=O) groups excluding carboxylic acids is 1. The maximum Gasteiger partial charge on any atom is 0.253 e. The summed E-state index contributed by atoms with van der Waals surface area (Å²) in [6.45, 7) is 2.67. The first-order chi connectivity index (χ1) is 17.0. The number of nitrogens with zero attached hydrogens (tertiary/aromatic N) is 3. The van der Waals surface area contributed by atoms with E-state index in [2.05, 4.69) is 11.1 Å². The Bertz CT molecular complexity index is 1140. The number of hydrogen-bond acceptors (Lipinski definition) is 5. The average molecular weight is 478 g/mol. The highest BCUT2D eigenvalue weighted by atomic mass is 16.5. The van der Waals surface area contributed by atoms with Crippen molar-refractivity contribution >= 4 is 5.91 Å². The second-order valence-corrected chi connectivity index (χ2v) is 10.4. The third-order valence-electron chi connectivity index (χ3n) is 8.21. The van der Waals surface area contributed by atoms with Gasteiger partial charge in [-0.15, -0.1) is 0 Å². The molecule has 35 heavy (non-hydrogen) atoms. The average Bonchev–Trinajstić information content (AvgIpc) is 3.37. The summed E-state index contributed by atoms with van der Waals surface area (Å²) in [4.78, 5) is 32.5. The molecule has 1 aromatic heterocycles. The monoisotopic (exact) mass is 477 g/mol. The van der Waals surface area contributed by atoms with Gasteiger partial charge in [0.2, 0.25) is 5.91 Å². The molecule has 7 heteroatoms. The van der Waals surface area contributed by atoms with Gasteiger partial charge in [-0.05, 0) is 37.7 Å². The van der Waals surface area contributed by atoms with Gasteiger partial charge in [0.15, 0.2) is 0 Å². The van der Waals surface area contributed by atoms with Gasteiger partial charge < -0.3 is 14.7 Å². The molecular formula is C28H35N3O4. The molecule has 1 amide bonds. The molecule has 7 nitrogen and oxygen atoms in total. The predicted molar refractivity (Wildman–Crippen MR) is 134 cm³/mol. The first-order valence-electron chi connectivity index (χ1n) is 12.9. The molecular weight excluding hydrogens is 442 g/mol. The van der Waals surface area contributed by atoms with Gasteiger partial charge in [-0.25, -0.2) is 4.98 Å². The second kappa shape index (κ2) is 10.1. The summed E-state index contributed by atoms with van der Waals surface area (Å²) in [6.07, 6.45) is 10.2. The van der Waals surface area contributed by atoms with E-state index < -0.39 is 5.60 Å². The molecule has 1 N–H and O–H groups in total. The van der Waals surface area contributed by atoms with Crippen LogP contribution in [0.3, 0.4) is 0 Å². The van der Waals surface area contributed by atoms with E-state index in [0.717, 1.165) is 50.7 Å². The lowest BCUT2D eigenvalue weighted by Crippen LogP contribution is -2.62. The van der Waals surface area contributed by atoms with Crippen LogP contribution in [-0.2, 0) is 16.1 Å². The summed E-state index contributed by atoms with van der Waals surface area (Å²) in [5, 5.41) is 12.0. The minimum Gasteiger partial charge on any atom is -0.387 e. The molecule has 2 aromatic rings. The quantitative estimate of drug-likeness (QED) is 0.643. The fraction of sp³-hybridized carbons (Fsp3) is 0.536. The van der Waals surface area contributed by atoms with Gasteiger partial charge in [-0.2, -0.15) is 0 Å². The van der Waals surface area contributed by atoms with Gasteiger partial charge >= 0.3 is 0 Å². The largest absolute Gasteiger partial charge is 0.387 e. The van der Waals surface area contributed by atoms with Gasteiger partial charge in [0.05, 0.1) is 37.4 Å². The summed E-state index contributed by atoms with van der Waals surface area (Å²) in [6, 6.07) is 11.2. The molecule has 186 valence electrons. The van der Waals surface area contributed by atoms with E-state index in [4.69, 9.17) is 4.74 Å². The van der Waals surface area contributed by atoms with Crippen LogP contribution in [0.5, 0.6) is 0 Å². The zero-order chi connectivity index (χ0) is 24.3. The summed E-state index contributed by atoms with van der Waals surface area (Å²) in [5.74, 6) is 0.149. The van der Waals surface area contributed by atoms with E-state index in [1.165, 1.54) is 5.57 Å². The van der Waals surface area contributed by atoms with E-state index >= 15 is 0 Å². The number of ether oxygens (including phenoxy) is 1. The number of rotatable bonds is 6. The van der Waals surface area contributed by atoms with Gasteiger partial charge in [0.25, 0.3) is 5.56 Å². The van der Waals surface area contributed by atoms with Gasteiger partial charge in [-0.3, -0.25) is 14.2 Å². The highest BCUT2D eigenvalue weighted by Gasteiger charge is 2.55. The fourth-order valence-corrected chi connectivity index (χ4v) is 6.11. The number of piperidine rings is 1. The smallest absolute Gasteiger partial charge is 0.253 e.